The fourth-order valence-electron chi connectivity index (χ4n) is 3.65. The highest BCUT2D eigenvalue weighted by Gasteiger charge is 2.25. The highest BCUT2D eigenvalue weighted by Crippen LogP contribution is 2.22. The van der Waals surface area contributed by atoms with Crippen molar-refractivity contribution in [3.05, 3.63) is 65.0 Å². The van der Waals surface area contributed by atoms with Crippen molar-refractivity contribution in [1.29, 1.82) is 0 Å². The molecule has 0 unspecified atom stereocenters. The average molecular weight is 420 g/mol. The van der Waals surface area contributed by atoms with Crippen LogP contribution < -0.4 is 5.56 Å². The summed E-state index contributed by atoms with van der Waals surface area (Å²) < 4.78 is 6.20. The van der Waals surface area contributed by atoms with Gasteiger partial charge in [-0.2, -0.15) is 5.10 Å². The van der Waals surface area contributed by atoms with Crippen LogP contribution in [0.2, 0.25) is 0 Å². The minimum atomic E-state index is -0.365. The van der Waals surface area contributed by atoms with E-state index < -0.39 is 0 Å². The molecular weight excluding hydrogens is 396 g/mol. The molecule has 2 heterocycles. The van der Waals surface area contributed by atoms with E-state index in [1.807, 2.05) is 42.5 Å². The van der Waals surface area contributed by atoms with Gasteiger partial charge in [0.05, 0.1) is 12.3 Å². The van der Waals surface area contributed by atoms with E-state index >= 15 is 0 Å². The van der Waals surface area contributed by atoms with Crippen LogP contribution in [-0.2, 0) is 16.1 Å². The van der Waals surface area contributed by atoms with Gasteiger partial charge in [-0.1, -0.05) is 36.4 Å². The van der Waals surface area contributed by atoms with Crippen LogP contribution in [0, 0.1) is 0 Å². The Hall–Kier alpha value is -3.68. The fraction of sp³-hybridized carbons (Fsp3) is 0.304. The number of benzene rings is 2. The zero-order valence-electron chi connectivity index (χ0n) is 17.4. The zero-order chi connectivity index (χ0) is 21.8. The van der Waals surface area contributed by atoms with Crippen molar-refractivity contribution in [3.63, 3.8) is 0 Å². The minimum Gasteiger partial charge on any atom is -0.450 e. The summed E-state index contributed by atoms with van der Waals surface area (Å²) in [4.78, 5) is 40.1. The van der Waals surface area contributed by atoms with E-state index in [-0.39, 0.29) is 24.1 Å². The van der Waals surface area contributed by atoms with E-state index in [4.69, 9.17) is 4.74 Å². The molecular formula is C23H24N4O4. The van der Waals surface area contributed by atoms with E-state index in [2.05, 4.69) is 5.10 Å². The van der Waals surface area contributed by atoms with Crippen molar-refractivity contribution in [3.8, 4) is 11.3 Å². The van der Waals surface area contributed by atoms with Crippen molar-refractivity contribution in [2.45, 2.75) is 13.5 Å². The molecule has 0 spiro atoms. The molecule has 0 saturated carbocycles. The molecule has 0 N–H and O–H groups in total. The summed E-state index contributed by atoms with van der Waals surface area (Å²) in [5, 5.41) is 6.62. The number of hydrogen-bond acceptors (Lipinski definition) is 5. The zero-order valence-corrected chi connectivity index (χ0v) is 17.4. The number of ether oxygens (including phenoxy) is 1. The third-order valence-electron chi connectivity index (χ3n) is 5.36. The lowest BCUT2D eigenvalue weighted by molar-refractivity contribution is -0.133. The molecule has 8 nitrogen and oxygen atoms in total. The lowest BCUT2D eigenvalue weighted by Gasteiger charge is -2.34. The number of amides is 2. The second kappa shape index (κ2) is 8.99. The summed E-state index contributed by atoms with van der Waals surface area (Å²) >= 11 is 0. The van der Waals surface area contributed by atoms with Crippen molar-refractivity contribution in [2.75, 3.05) is 32.8 Å². The highest BCUT2D eigenvalue weighted by molar-refractivity contribution is 5.86. The largest absolute Gasteiger partial charge is 0.450 e. The first-order valence-corrected chi connectivity index (χ1v) is 10.3. The Balaban J connectivity index is 1.47. The van der Waals surface area contributed by atoms with Crippen LogP contribution in [0.3, 0.4) is 0 Å². The molecule has 1 aliphatic heterocycles. The molecule has 2 aromatic carbocycles. The molecule has 1 saturated heterocycles. The van der Waals surface area contributed by atoms with Crippen LogP contribution in [0.15, 0.2) is 59.4 Å². The summed E-state index contributed by atoms with van der Waals surface area (Å²) in [6, 6.07) is 17.1. The number of aromatic nitrogens is 2. The molecule has 31 heavy (non-hydrogen) atoms. The summed E-state index contributed by atoms with van der Waals surface area (Å²) in [6.07, 6.45) is -0.365. The Kier molecular flexibility index (Phi) is 5.97. The second-order valence-electron chi connectivity index (χ2n) is 7.34. The summed E-state index contributed by atoms with van der Waals surface area (Å²) in [5.74, 6) is -0.200. The van der Waals surface area contributed by atoms with Crippen LogP contribution >= 0.6 is 0 Å². The topological polar surface area (TPSA) is 84.7 Å². The maximum absolute atomic E-state index is 12.7. The summed E-state index contributed by atoms with van der Waals surface area (Å²) in [7, 11) is 0. The van der Waals surface area contributed by atoms with Gasteiger partial charge in [-0.15, -0.1) is 0 Å². The third-order valence-corrected chi connectivity index (χ3v) is 5.36. The van der Waals surface area contributed by atoms with Gasteiger partial charge in [-0.3, -0.25) is 9.59 Å². The Morgan fingerprint density at radius 3 is 2.39 bits per heavy atom. The smallest absolute Gasteiger partial charge is 0.409 e. The molecule has 4 rings (SSSR count). The Labute approximate surface area is 179 Å². The summed E-state index contributed by atoms with van der Waals surface area (Å²) in [5.41, 5.74) is 1.18. The van der Waals surface area contributed by atoms with Gasteiger partial charge in [-0.25, -0.2) is 9.48 Å². The molecule has 0 bridgehead atoms. The van der Waals surface area contributed by atoms with Crippen LogP contribution in [0.5, 0.6) is 0 Å². The lowest BCUT2D eigenvalue weighted by Crippen LogP contribution is -2.51. The SMILES string of the molecule is CCOC(=O)N1CCN(C(=O)Cn2nc(-c3ccc4ccccc4c3)ccc2=O)CC1. The van der Waals surface area contributed by atoms with E-state index in [1.165, 1.54) is 10.7 Å². The molecule has 1 aromatic heterocycles. The molecule has 0 radical (unpaired) electrons. The molecule has 160 valence electrons. The van der Waals surface area contributed by atoms with E-state index in [9.17, 15) is 14.4 Å². The van der Waals surface area contributed by atoms with Crippen LogP contribution in [0.4, 0.5) is 4.79 Å². The third kappa shape index (κ3) is 4.58. The number of nitrogens with zero attached hydrogens (tertiary/aromatic N) is 4. The normalized spacial score (nSPS) is 14.0. The predicted molar refractivity (Wildman–Crippen MR) is 117 cm³/mol. The van der Waals surface area contributed by atoms with Crippen LogP contribution in [0.1, 0.15) is 6.92 Å². The molecule has 2 amide bonds. The monoisotopic (exact) mass is 420 g/mol. The molecule has 8 heteroatoms. The van der Waals surface area contributed by atoms with Crippen molar-refractivity contribution < 1.29 is 14.3 Å². The number of fused-ring (bicyclic) bond motifs is 1. The average Bonchev–Trinajstić information content (AvgIpc) is 2.80. The first-order valence-electron chi connectivity index (χ1n) is 10.3. The number of rotatable bonds is 4. The first kappa shape index (κ1) is 20.6. The number of hydrogen-bond donors (Lipinski definition) is 0. The van der Waals surface area contributed by atoms with Gasteiger partial charge in [0.1, 0.15) is 6.54 Å². The van der Waals surface area contributed by atoms with E-state index in [0.29, 0.717) is 38.5 Å². The maximum Gasteiger partial charge on any atom is 0.409 e. The van der Waals surface area contributed by atoms with E-state index in [1.54, 1.807) is 22.8 Å². The standard InChI is InChI=1S/C23H24N4O4/c1-2-31-23(30)26-13-11-25(12-14-26)22(29)16-27-21(28)10-9-20(24-27)19-8-7-17-5-3-4-6-18(17)15-19/h3-10,15H,2,11-14,16H2,1H3. The number of carbonyl (C=O) groups is 2. The lowest BCUT2D eigenvalue weighted by atomic mass is 10.1. The van der Waals surface area contributed by atoms with Gasteiger partial charge in [0.25, 0.3) is 5.56 Å². The summed E-state index contributed by atoms with van der Waals surface area (Å²) in [6.45, 7) is 3.55. The molecule has 1 fully saturated rings. The quantitative estimate of drug-likeness (QED) is 0.647. The van der Waals surface area contributed by atoms with Gasteiger partial charge in [-0.05, 0) is 29.8 Å². The highest BCUT2D eigenvalue weighted by atomic mass is 16.6. The van der Waals surface area contributed by atoms with Gasteiger partial charge < -0.3 is 14.5 Å². The number of carbonyl (C=O) groups excluding carboxylic acids is 2. The minimum absolute atomic E-state index is 0.139. The molecule has 0 atom stereocenters. The van der Waals surface area contributed by atoms with Crippen molar-refractivity contribution in [1.82, 2.24) is 19.6 Å². The maximum atomic E-state index is 12.7. The van der Waals surface area contributed by atoms with Gasteiger partial charge in [0.15, 0.2) is 0 Å². The first-order chi connectivity index (χ1) is 15.0. The van der Waals surface area contributed by atoms with Crippen LogP contribution in [0.25, 0.3) is 22.0 Å². The molecule has 1 aliphatic rings. The number of piperazine rings is 1. The van der Waals surface area contributed by atoms with Gasteiger partial charge in [0.2, 0.25) is 5.91 Å². The second-order valence-corrected chi connectivity index (χ2v) is 7.34. The van der Waals surface area contributed by atoms with Crippen molar-refractivity contribution >= 4 is 22.8 Å². The molecule has 0 aliphatic carbocycles. The predicted octanol–water partition coefficient (Wildman–Crippen LogP) is 2.36. The van der Waals surface area contributed by atoms with Crippen LogP contribution in [-0.4, -0.2) is 64.4 Å². The van der Waals surface area contributed by atoms with E-state index in [0.717, 1.165) is 16.3 Å². The Morgan fingerprint density at radius 1 is 0.935 bits per heavy atom. The van der Waals surface area contributed by atoms with Crippen molar-refractivity contribution in [2.24, 2.45) is 0 Å². The molecule has 3 aromatic rings. The fourth-order valence-corrected chi connectivity index (χ4v) is 3.65. The Bertz CT molecular complexity index is 1170. The van der Waals surface area contributed by atoms with Gasteiger partial charge >= 0.3 is 6.09 Å². The van der Waals surface area contributed by atoms with Gasteiger partial charge in [0, 0.05) is 37.8 Å². The Morgan fingerprint density at radius 2 is 1.65 bits per heavy atom.